The zero-order chi connectivity index (χ0) is 15.2. The minimum atomic E-state index is -0.0731. The summed E-state index contributed by atoms with van der Waals surface area (Å²) in [5.74, 6) is 0.884. The van der Waals surface area contributed by atoms with Crippen LogP contribution >= 0.6 is 0 Å². The smallest absolute Gasteiger partial charge is 0.140 e. The fourth-order valence-corrected chi connectivity index (χ4v) is 2.34. The molecule has 0 spiro atoms. The Morgan fingerprint density at radius 1 is 1.24 bits per heavy atom. The standard InChI is InChI=1S/C17H25N3O/c1-5-14-7-9-15(10-8-14)21-13(4)17-16(11-18-6-2)12(3)19-20-17/h7-10,13,18H,5-6,11H2,1-4H3,(H,19,20). The molecule has 1 unspecified atom stereocenters. The van der Waals surface area contributed by atoms with Crippen LogP contribution in [0.1, 0.15) is 49.4 Å². The highest BCUT2D eigenvalue weighted by Gasteiger charge is 2.17. The van der Waals surface area contributed by atoms with Crippen molar-refractivity contribution >= 4 is 0 Å². The summed E-state index contributed by atoms with van der Waals surface area (Å²) >= 11 is 0. The average molecular weight is 287 g/mol. The molecule has 4 heteroatoms. The van der Waals surface area contributed by atoms with Crippen LogP contribution in [0.3, 0.4) is 0 Å². The molecule has 2 N–H and O–H groups in total. The van der Waals surface area contributed by atoms with E-state index in [4.69, 9.17) is 4.74 Å². The fraction of sp³-hybridized carbons (Fsp3) is 0.471. The second kappa shape index (κ2) is 7.27. The van der Waals surface area contributed by atoms with Gasteiger partial charge >= 0.3 is 0 Å². The lowest BCUT2D eigenvalue weighted by molar-refractivity contribution is 0.220. The van der Waals surface area contributed by atoms with E-state index < -0.39 is 0 Å². The molecule has 1 aromatic carbocycles. The molecule has 1 aromatic heterocycles. The third kappa shape index (κ3) is 3.85. The van der Waals surface area contributed by atoms with Crippen molar-refractivity contribution in [3.8, 4) is 5.75 Å². The third-order valence-electron chi connectivity index (χ3n) is 3.69. The van der Waals surface area contributed by atoms with Crippen molar-refractivity contribution in [3.05, 3.63) is 46.8 Å². The minimum Gasteiger partial charge on any atom is -0.484 e. The van der Waals surface area contributed by atoms with E-state index in [9.17, 15) is 0 Å². The lowest BCUT2D eigenvalue weighted by atomic mass is 10.1. The van der Waals surface area contributed by atoms with Gasteiger partial charge < -0.3 is 10.1 Å². The van der Waals surface area contributed by atoms with E-state index >= 15 is 0 Å². The lowest BCUT2D eigenvalue weighted by Gasteiger charge is -2.15. The molecular formula is C17H25N3O. The van der Waals surface area contributed by atoms with Gasteiger partial charge in [0.2, 0.25) is 0 Å². The normalized spacial score (nSPS) is 12.4. The highest BCUT2D eigenvalue weighted by molar-refractivity contribution is 5.30. The predicted molar refractivity (Wildman–Crippen MR) is 85.6 cm³/mol. The van der Waals surface area contributed by atoms with Gasteiger partial charge in [-0.2, -0.15) is 5.10 Å². The number of aromatic amines is 1. The second-order valence-corrected chi connectivity index (χ2v) is 5.25. The van der Waals surface area contributed by atoms with Gasteiger partial charge in [0.05, 0.1) is 0 Å². The Morgan fingerprint density at radius 2 is 1.95 bits per heavy atom. The number of aromatic nitrogens is 2. The summed E-state index contributed by atoms with van der Waals surface area (Å²) in [6.45, 7) is 10.1. The van der Waals surface area contributed by atoms with Crippen LogP contribution in [0, 0.1) is 6.92 Å². The van der Waals surface area contributed by atoms with Gasteiger partial charge in [0.25, 0.3) is 0 Å². The maximum atomic E-state index is 6.02. The SMILES string of the molecule is CCNCc1c(C(C)Oc2ccc(CC)cc2)n[nH]c1C. The van der Waals surface area contributed by atoms with Gasteiger partial charge in [-0.1, -0.05) is 26.0 Å². The van der Waals surface area contributed by atoms with Crippen molar-refractivity contribution in [1.29, 1.82) is 0 Å². The van der Waals surface area contributed by atoms with Crippen LogP contribution in [-0.4, -0.2) is 16.7 Å². The molecule has 0 amide bonds. The largest absolute Gasteiger partial charge is 0.484 e. The maximum absolute atomic E-state index is 6.02. The minimum absolute atomic E-state index is 0.0731. The van der Waals surface area contributed by atoms with Gasteiger partial charge in [-0.3, -0.25) is 5.10 Å². The first-order valence-corrected chi connectivity index (χ1v) is 7.65. The van der Waals surface area contributed by atoms with E-state index in [-0.39, 0.29) is 6.10 Å². The van der Waals surface area contributed by atoms with Crippen molar-refractivity contribution in [3.63, 3.8) is 0 Å². The number of H-pyrrole nitrogens is 1. The quantitative estimate of drug-likeness (QED) is 0.819. The molecule has 0 aliphatic carbocycles. The Bertz CT molecular complexity index is 560. The van der Waals surface area contributed by atoms with Crippen molar-refractivity contribution in [2.45, 2.75) is 46.8 Å². The number of hydrogen-bond acceptors (Lipinski definition) is 3. The van der Waals surface area contributed by atoms with Gasteiger partial charge in [0.1, 0.15) is 17.5 Å². The molecule has 0 aliphatic rings. The van der Waals surface area contributed by atoms with E-state index in [1.807, 2.05) is 26.0 Å². The van der Waals surface area contributed by atoms with Crippen LogP contribution in [0.25, 0.3) is 0 Å². The first kappa shape index (κ1) is 15.6. The second-order valence-electron chi connectivity index (χ2n) is 5.25. The van der Waals surface area contributed by atoms with E-state index in [1.54, 1.807) is 0 Å². The fourth-order valence-electron chi connectivity index (χ4n) is 2.34. The number of hydrogen-bond donors (Lipinski definition) is 2. The summed E-state index contributed by atoms with van der Waals surface area (Å²) in [6, 6.07) is 8.27. The maximum Gasteiger partial charge on any atom is 0.140 e. The molecule has 0 bridgehead atoms. The van der Waals surface area contributed by atoms with E-state index in [0.29, 0.717) is 0 Å². The summed E-state index contributed by atoms with van der Waals surface area (Å²) < 4.78 is 6.02. The van der Waals surface area contributed by atoms with Gasteiger partial charge in [0, 0.05) is 17.8 Å². The monoisotopic (exact) mass is 287 g/mol. The van der Waals surface area contributed by atoms with Crippen molar-refractivity contribution in [1.82, 2.24) is 15.5 Å². The van der Waals surface area contributed by atoms with Crippen LogP contribution in [0.15, 0.2) is 24.3 Å². The molecule has 0 radical (unpaired) electrons. The number of rotatable bonds is 7. The highest BCUT2D eigenvalue weighted by Crippen LogP contribution is 2.24. The molecule has 1 atom stereocenters. The van der Waals surface area contributed by atoms with Crippen molar-refractivity contribution in [2.24, 2.45) is 0 Å². The zero-order valence-electron chi connectivity index (χ0n) is 13.4. The Kier molecular flexibility index (Phi) is 5.39. The number of nitrogens with zero attached hydrogens (tertiary/aromatic N) is 1. The van der Waals surface area contributed by atoms with Crippen LogP contribution < -0.4 is 10.1 Å². The third-order valence-corrected chi connectivity index (χ3v) is 3.69. The number of benzene rings is 1. The predicted octanol–water partition coefficient (Wildman–Crippen LogP) is 3.53. The molecule has 114 valence electrons. The van der Waals surface area contributed by atoms with Crippen LogP contribution in [0.2, 0.25) is 0 Å². The molecule has 0 fully saturated rings. The Hall–Kier alpha value is -1.81. The van der Waals surface area contributed by atoms with Gasteiger partial charge in [-0.25, -0.2) is 0 Å². The molecular weight excluding hydrogens is 262 g/mol. The van der Waals surface area contributed by atoms with E-state index in [0.717, 1.165) is 36.6 Å². The van der Waals surface area contributed by atoms with Gasteiger partial charge in [0.15, 0.2) is 0 Å². The lowest BCUT2D eigenvalue weighted by Crippen LogP contribution is -2.15. The summed E-state index contributed by atoms with van der Waals surface area (Å²) in [5.41, 5.74) is 4.60. The van der Waals surface area contributed by atoms with Crippen molar-refractivity contribution < 1.29 is 4.74 Å². The Balaban J connectivity index is 2.10. The molecule has 4 nitrogen and oxygen atoms in total. The first-order chi connectivity index (χ1) is 10.2. The summed E-state index contributed by atoms with van der Waals surface area (Å²) in [6.07, 6.45) is 0.970. The molecule has 2 aromatic rings. The summed E-state index contributed by atoms with van der Waals surface area (Å²) in [7, 11) is 0. The molecule has 0 aliphatic heterocycles. The van der Waals surface area contributed by atoms with Gasteiger partial charge in [-0.15, -0.1) is 0 Å². The molecule has 1 heterocycles. The molecule has 2 rings (SSSR count). The Morgan fingerprint density at radius 3 is 2.57 bits per heavy atom. The average Bonchev–Trinajstić information content (AvgIpc) is 2.87. The highest BCUT2D eigenvalue weighted by atomic mass is 16.5. The first-order valence-electron chi connectivity index (χ1n) is 7.65. The van der Waals surface area contributed by atoms with Crippen molar-refractivity contribution in [2.75, 3.05) is 6.54 Å². The number of nitrogens with one attached hydrogen (secondary N) is 2. The van der Waals surface area contributed by atoms with Crippen LogP contribution in [0.5, 0.6) is 5.75 Å². The summed E-state index contributed by atoms with van der Waals surface area (Å²) in [5, 5.41) is 10.8. The van der Waals surface area contributed by atoms with Crippen LogP contribution in [0.4, 0.5) is 0 Å². The molecule has 0 saturated carbocycles. The van der Waals surface area contributed by atoms with Gasteiger partial charge in [-0.05, 0) is 44.5 Å². The Labute approximate surface area is 126 Å². The zero-order valence-corrected chi connectivity index (χ0v) is 13.4. The van der Waals surface area contributed by atoms with E-state index in [2.05, 4.69) is 41.5 Å². The number of aryl methyl sites for hydroxylation is 2. The summed E-state index contributed by atoms with van der Waals surface area (Å²) in [4.78, 5) is 0. The topological polar surface area (TPSA) is 49.9 Å². The van der Waals surface area contributed by atoms with Crippen LogP contribution in [-0.2, 0) is 13.0 Å². The van der Waals surface area contributed by atoms with E-state index in [1.165, 1.54) is 11.1 Å². The molecule has 21 heavy (non-hydrogen) atoms. The number of ether oxygens (including phenoxy) is 1. The molecule has 0 saturated heterocycles.